The number of carbonyl (C=O) groups is 1. The molecule has 236 valence electrons. The number of likely N-dealkylation sites (tertiary alicyclic amines) is 2. The summed E-state index contributed by atoms with van der Waals surface area (Å²) in [5.41, 5.74) is 5.53. The third-order valence-corrected chi connectivity index (χ3v) is 10.3. The molecule has 45 heavy (non-hydrogen) atoms. The van der Waals surface area contributed by atoms with E-state index in [-0.39, 0.29) is 17.8 Å². The Hall–Kier alpha value is -2.98. The normalized spacial score (nSPS) is 22.0. The molecule has 3 aliphatic rings. The van der Waals surface area contributed by atoms with Crippen LogP contribution in [0.1, 0.15) is 24.0 Å². The number of rotatable bonds is 10. The minimum Gasteiger partial charge on any atom is -0.355 e. The van der Waals surface area contributed by atoms with E-state index in [1.165, 1.54) is 23.1 Å². The molecule has 0 radical (unpaired) electrons. The number of nitrogens with zero attached hydrogens (tertiary/aromatic N) is 3. The summed E-state index contributed by atoms with van der Waals surface area (Å²) < 4.78 is 16.1. The largest absolute Gasteiger partial charge is 0.355 e. The molecule has 0 saturated carbocycles. The smallest absolute Gasteiger partial charge is 0.238 e. The molecule has 3 fully saturated rings. The number of benzene rings is 3. The van der Waals surface area contributed by atoms with Gasteiger partial charge in [0, 0.05) is 109 Å². The van der Waals surface area contributed by atoms with Gasteiger partial charge in [-0.3, -0.25) is 14.6 Å². The molecule has 7 rings (SSSR count). The number of fused-ring (bicyclic) bond motifs is 3. The van der Waals surface area contributed by atoms with Gasteiger partial charge in [0.2, 0.25) is 5.91 Å². The summed E-state index contributed by atoms with van der Waals surface area (Å²) in [6, 6.07) is 20.1. The van der Waals surface area contributed by atoms with Crippen LogP contribution in [-0.4, -0.2) is 77.7 Å². The molecular weight excluding hydrogens is 610 g/mol. The Morgan fingerprint density at radius 2 is 1.71 bits per heavy atom. The average Bonchev–Trinajstić information content (AvgIpc) is 3.74. The van der Waals surface area contributed by atoms with E-state index in [4.69, 9.17) is 23.2 Å². The zero-order chi connectivity index (χ0) is 30.9. The maximum absolute atomic E-state index is 13.8. The van der Waals surface area contributed by atoms with Crippen LogP contribution in [-0.2, 0) is 24.4 Å². The van der Waals surface area contributed by atoms with Gasteiger partial charge in [0.25, 0.3) is 0 Å². The summed E-state index contributed by atoms with van der Waals surface area (Å²) >= 11 is 12.9. The first-order valence-electron chi connectivity index (χ1n) is 15.9. The van der Waals surface area contributed by atoms with Gasteiger partial charge in [0.15, 0.2) is 0 Å². The fourth-order valence-corrected chi connectivity index (χ4v) is 7.77. The zero-order valence-electron chi connectivity index (χ0n) is 25.2. The lowest BCUT2D eigenvalue weighted by atomic mass is 10.0. The maximum atomic E-state index is 13.8. The number of nitrogens with one attached hydrogen (secondary N) is 3. The molecule has 4 heterocycles. The Kier molecular flexibility index (Phi) is 9.13. The molecule has 3 N–H and O–H groups in total. The number of aryl methyl sites for hydroxylation is 1. The molecule has 10 heteroatoms. The van der Waals surface area contributed by atoms with E-state index in [0.29, 0.717) is 25.2 Å². The minimum atomic E-state index is -0.239. The molecule has 3 aliphatic heterocycles. The van der Waals surface area contributed by atoms with Crippen molar-refractivity contribution in [2.75, 3.05) is 39.3 Å². The number of hydrogen-bond acceptors (Lipinski definition) is 5. The number of aromatic nitrogens is 1. The number of amides is 1. The highest BCUT2D eigenvalue weighted by molar-refractivity contribution is 6.36. The van der Waals surface area contributed by atoms with Gasteiger partial charge in [0.05, 0.1) is 6.04 Å². The summed E-state index contributed by atoms with van der Waals surface area (Å²) in [5, 5.41) is 12.2. The Balaban J connectivity index is 1.04. The quantitative estimate of drug-likeness (QED) is 0.204. The predicted molar refractivity (Wildman–Crippen MR) is 179 cm³/mol. The van der Waals surface area contributed by atoms with Crippen molar-refractivity contribution in [1.29, 1.82) is 0 Å². The van der Waals surface area contributed by atoms with Gasteiger partial charge in [-0.25, -0.2) is 4.39 Å². The second kappa shape index (κ2) is 13.4. The van der Waals surface area contributed by atoms with E-state index in [1.807, 2.05) is 30.3 Å². The second-order valence-electron chi connectivity index (χ2n) is 12.6. The van der Waals surface area contributed by atoms with Crippen LogP contribution in [0, 0.1) is 5.82 Å². The summed E-state index contributed by atoms with van der Waals surface area (Å²) in [6.45, 7) is 7.44. The van der Waals surface area contributed by atoms with E-state index >= 15 is 0 Å². The Morgan fingerprint density at radius 3 is 2.42 bits per heavy atom. The number of piperazine rings is 2. The van der Waals surface area contributed by atoms with Crippen molar-refractivity contribution in [2.24, 2.45) is 0 Å². The van der Waals surface area contributed by atoms with Crippen molar-refractivity contribution >= 4 is 40.0 Å². The minimum absolute atomic E-state index is 0.0441. The zero-order valence-corrected chi connectivity index (χ0v) is 26.8. The van der Waals surface area contributed by atoms with Gasteiger partial charge in [-0.1, -0.05) is 47.5 Å². The summed E-state index contributed by atoms with van der Waals surface area (Å²) in [4.78, 5) is 17.6. The van der Waals surface area contributed by atoms with E-state index in [9.17, 15) is 9.18 Å². The van der Waals surface area contributed by atoms with Gasteiger partial charge < -0.3 is 20.5 Å². The van der Waals surface area contributed by atoms with Crippen molar-refractivity contribution in [1.82, 2.24) is 30.3 Å². The van der Waals surface area contributed by atoms with Crippen molar-refractivity contribution in [3.05, 3.63) is 93.8 Å². The predicted octanol–water partition coefficient (Wildman–Crippen LogP) is 5.28. The van der Waals surface area contributed by atoms with E-state index < -0.39 is 0 Å². The molecule has 0 aliphatic carbocycles. The third kappa shape index (κ3) is 6.64. The lowest BCUT2D eigenvalue weighted by Crippen LogP contribution is -2.55. The second-order valence-corrected chi connectivity index (χ2v) is 13.4. The van der Waals surface area contributed by atoms with Gasteiger partial charge in [-0.2, -0.15) is 0 Å². The van der Waals surface area contributed by atoms with E-state index in [2.05, 4.69) is 54.7 Å². The van der Waals surface area contributed by atoms with Crippen LogP contribution in [0.5, 0.6) is 0 Å². The van der Waals surface area contributed by atoms with E-state index in [1.54, 1.807) is 0 Å². The summed E-state index contributed by atoms with van der Waals surface area (Å²) in [6.07, 6.45) is 4.14. The Labute approximate surface area is 273 Å². The summed E-state index contributed by atoms with van der Waals surface area (Å²) in [5.74, 6) is -0.195. The number of halogens is 3. The van der Waals surface area contributed by atoms with Crippen LogP contribution in [0.25, 0.3) is 22.0 Å². The first-order chi connectivity index (χ1) is 21.9. The third-order valence-electron chi connectivity index (χ3n) is 9.61. The fraction of sp³-hybridized carbons (Fsp3) is 0.400. The Morgan fingerprint density at radius 1 is 0.956 bits per heavy atom. The molecule has 3 aromatic carbocycles. The van der Waals surface area contributed by atoms with Gasteiger partial charge in [0.1, 0.15) is 5.82 Å². The fourth-order valence-electron chi connectivity index (χ4n) is 7.25. The van der Waals surface area contributed by atoms with E-state index in [0.717, 1.165) is 90.9 Å². The highest BCUT2D eigenvalue weighted by Gasteiger charge is 2.43. The van der Waals surface area contributed by atoms with Crippen molar-refractivity contribution in [3.63, 3.8) is 0 Å². The average molecular weight is 650 g/mol. The van der Waals surface area contributed by atoms with Crippen LogP contribution in [0.15, 0.2) is 66.9 Å². The highest BCUT2D eigenvalue weighted by Crippen LogP contribution is 2.37. The van der Waals surface area contributed by atoms with Crippen molar-refractivity contribution in [2.45, 2.75) is 50.6 Å². The topological polar surface area (TPSA) is 64.6 Å². The SMILES string of the molecule is O=C(NCCCn1cc(-c2ccc(F)cc2)c2cc(CN3CC4CC3CN4Cc3c(Cl)cccc3Cl)ccc21)C1CNCCN1. The molecule has 1 aromatic heterocycles. The molecule has 2 bridgehead atoms. The van der Waals surface area contributed by atoms with Crippen LogP contribution in [0.4, 0.5) is 4.39 Å². The molecule has 4 aromatic rings. The van der Waals surface area contributed by atoms with Gasteiger partial charge >= 0.3 is 0 Å². The number of hydrogen-bond donors (Lipinski definition) is 3. The molecule has 3 unspecified atom stereocenters. The van der Waals surface area contributed by atoms with Crippen LogP contribution < -0.4 is 16.0 Å². The lowest BCUT2D eigenvalue weighted by molar-refractivity contribution is -0.123. The summed E-state index contributed by atoms with van der Waals surface area (Å²) in [7, 11) is 0. The van der Waals surface area contributed by atoms with Crippen LogP contribution >= 0.6 is 23.2 Å². The molecule has 1 amide bonds. The molecular formula is C35H39Cl2FN6O. The standard InChI is InChI=1S/C35H39Cl2FN6O/c36-31-3-1-4-32(37)30(31)22-44-20-26-16-27(44)19-43(26)18-23-5-10-34-28(15-23)29(24-6-8-25(38)9-7-24)21-42(34)14-2-11-41-35(45)33-17-39-12-13-40-33/h1,3-10,15,21,26-27,33,39-40H,2,11-14,16-20,22H2,(H,41,45). The first kappa shape index (κ1) is 30.7. The molecule has 0 spiro atoms. The van der Waals surface area contributed by atoms with Crippen molar-refractivity contribution in [3.8, 4) is 11.1 Å². The van der Waals surface area contributed by atoms with Gasteiger partial charge in [-0.05, 0) is 60.4 Å². The van der Waals surface area contributed by atoms with Crippen LogP contribution in [0.3, 0.4) is 0 Å². The van der Waals surface area contributed by atoms with Crippen molar-refractivity contribution < 1.29 is 9.18 Å². The first-order valence-corrected chi connectivity index (χ1v) is 16.7. The monoisotopic (exact) mass is 648 g/mol. The Bertz CT molecular complexity index is 1650. The highest BCUT2D eigenvalue weighted by atomic mass is 35.5. The maximum Gasteiger partial charge on any atom is 0.238 e. The molecule has 3 saturated heterocycles. The lowest BCUT2D eigenvalue weighted by Gasteiger charge is -2.34. The molecule has 7 nitrogen and oxygen atoms in total. The number of carbonyl (C=O) groups excluding carboxylic acids is 1. The van der Waals surface area contributed by atoms with Crippen LogP contribution in [0.2, 0.25) is 10.0 Å². The molecule has 3 atom stereocenters. The van der Waals surface area contributed by atoms with Gasteiger partial charge in [-0.15, -0.1) is 0 Å².